The van der Waals surface area contributed by atoms with Crippen LogP contribution in [0.2, 0.25) is 0 Å². The Morgan fingerprint density at radius 2 is 1.90 bits per heavy atom. The highest BCUT2D eigenvalue weighted by Crippen LogP contribution is 2.29. The summed E-state index contributed by atoms with van der Waals surface area (Å²) in [7, 11) is 0. The van der Waals surface area contributed by atoms with Gasteiger partial charge in [-0.2, -0.15) is 13.2 Å². The number of rotatable bonds is 5. The van der Waals surface area contributed by atoms with Gasteiger partial charge in [0.25, 0.3) is 0 Å². The molecule has 1 aliphatic rings. The number of likely N-dealkylation sites (tertiary alicyclic amines) is 1. The molecule has 9 heteroatoms. The first kappa shape index (κ1) is 17.3. The fraction of sp³-hybridized carbons (Fsp3) is 0.667. The van der Waals surface area contributed by atoms with Gasteiger partial charge in [0.05, 0.1) is 0 Å². The number of carboxylic acid groups (broad SMARTS) is 1. The summed E-state index contributed by atoms with van der Waals surface area (Å²) in [4.78, 5) is 24.0. The zero-order valence-corrected chi connectivity index (χ0v) is 11.2. The number of ether oxygens (including phenoxy) is 2. The van der Waals surface area contributed by atoms with Gasteiger partial charge in [0.1, 0.15) is 13.2 Å². The van der Waals surface area contributed by atoms with Gasteiger partial charge in [-0.1, -0.05) is 12.7 Å². The van der Waals surface area contributed by atoms with Crippen LogP contribution in [-0.4, -0.2) is 60.1 Å². The number of aliphatic carboxylic acids is 1. The monoisotopic (exact) mass is 311 g/mol. The van der Waals surface area contributed by atoms with Crippen molar-refractivity contribution in [1.82, 2.24) is 4.90 Å². The van der Waals surface area contributed by atoms with Crippen molar-refractivity contribution < 1.29 is 37.3 Å². The molecule has 1 heterocycles. The van der Waals surface area contributed by atoms with Crippen LogP contribution < -0.4 is 0 Å². The minimum atomic E-state index is -4.61. The maximum atomic E-state index is 12.2. The molecule has 0 spiro atoms. The molecule has 0 saturated carbocycles. The molecule has 1 amide bonds. The van der Waals surface area contributed by atoms with Crippen molar-refractivity contribution >= 4 is 12.1 Å². The van der Waals surface area contributed by atoms with Crippen LogP contribution >= 0.6 is 0 Å². The summed E-state index contributed by atoms with van der Waals surface area (Å²) >= 11 is 0. The number of amides is 1. The fourth-order valence-electron chi connectivity index (χ4n) is 1.91. The average molecular weight is 311 g/mol. The van der Waals surface area contributed by atoms with Gasteiger partial charge in [-0.15, -0.1) is 0 Å². The first-order valence-corrected chi connectivity index (χ1v) is 6.17. The van der Waals surface area contributed by atoms with E-state index in [-0.39, 0.29) is 32.5 Å². The van der Waals surface area contributed by atoms with Crippen molar-refractivity contribution in [3.63, 3.8) is 0 Å². The van der Waals surface area contributed by atoms with Gasteiger partial charge in [-0.05, 0) is 0 Å². The molecular weight excluding hydrogens is 295 g/mol. The van der Waals surface area contributed by atoms with Crippen molar-refractivity contribution in [1.29, 1.82) is 0 Å². The van der Waals surface area contributed by atoms with Crippen LogP contribution in [0.3, 0.4) is 0 Å². The summed E-state index contributed by atoms with van der Waals surface area (Å²) in [6.45, 7) is 1.63. The molecule has 0 aromatic carbocycles. The Kier molecular flexibility index (Phi) is 5.59. The van der Waals surface area contributed by atoms with Crippen LogP contribution in [0.15, 0.2) is 12.7 Å². The van der Waals surface area contributed by atoms with Gasteiger partial charge in [0.2, 0.25) is 0 Å². The normalized spacial score (nSPS) is 18.1. The van der Waals surface area contributed by atoms with E-state index in [0.29, 0.717) is 0 Å². The molecule has 1 aliphatic heterocycles. The molecular formula is C12H16F3NO5. The Morgan fingerprint density at radius 3 is 2.33 bits per heavy atom. The Morgan fingerprint density at radius 1 is 1.33 bits per heavy atom. The second-order valence-electron chi connectivity index (χ2n) is 4.56. The largest absolute Gasteiger partial charge is 0.479 e. The van der Waals surface area contributed by atoms with Gasteiger partial charge >= 0.3 is 18.2 Å². The van der Waals surface area contributed by atoms with Crippen LogP contribution in [0.25, 0.3) is 0 Å². The Labute approximate surface area is 119 Å². The summed E-state index contributed by atoms with van der Waals surface area (Å²) in [5.41, 5.74) is -1.93. The number of hydrogen-bond acceptors (Lipinski definition) is 4. The van der Waals surface area contributed by atoms with E-state index in [1.54, 1.807) is 0 Å². The third kappa shape index (κ3) is 4.92. The summed E-state index contributed by atoms with van der Waals surface area (Å²) in [6, 6.07) is 0. The van der Waals surface area contributed by atoms with E-state index >= 15 is 0 Å². The zero-order chi connectivity index (χ0) is 16.1. The molecule has 0 unspecified atom stereocenters. The highest BCUT2D eigenvalue weighted by molar-refractivity contribution is 5.78. The summed E-state index contributed by atoms with van der Waals surface area (Å²) < 4.78 is 45.9. The van der Waals surface area contributed by atoms with Crippen LogP contribution in [0.1, 0.15) is 12.8 Å². The van der Waals surface area contributed by atoms with E-state index in [9.17, 15) is 22.8 Å². The number of carboxylic acids is 1. The molecule has 0 bridgehead atoms. The van der Waals surface area contributed by atoms with Crippen molar-refractivity contribution in [2.75, 3.05) is 26.3 Å². The molecule has 21 heavy (non-hydrogen) atoms. The molecule has 0 aromatic heterocycles. The number of nitrogens with zero attached hydrogens (tertiary/aromatic N) is 1. The topological polar surface area (TPSA) is 76.1 Å². The Bertz CT molecular complexity index is 402. The molecule has 6 nitrogen and oxygen atoms in total. The third-order valence-electron chi connectivity index (χ3n) is 3.06. The summed E-state index contributed by atoms with van der Waals surface area (Å²) in [5, 5.41) is 9.11. The molecule has 1 N–H and O–H groups in total. The molecule has 1 fully saturated rings. The maximum absolute atomic E-state index is 12.2. The van der Waals surface area contributed by atoms with Gasteiger partial charge in [-0.25, -0.2) is 9.59 Å². The second kappa shape index (κ2) is 6.79. The van der Waals surface area contributed by atoms with E-state index in [1.165, 1.54) is 11.0 Å². The molecule has 1 rings (SSSR count). The van der Waals surface area contributed by atoms with Crippen LogP contribution in [0, 0.1) is 0 Å². The Hall–Kier alpha value is -1.77. The standard InChI is InChI=1S/C12H16F3NO5/c1-2-7-20-10(19)16-5-3-11(4-6-16,9(17)18)21-8-12(13,14)15/h2H,1,3-8H2,(H,17,18). The molecule has 0 aromatic rings. The predicted octanol–water partition coefficient (Wildman–Crippen LogP) is 1.81. The van der Waals surface area contributed by atoms with E-state index in [0.717, 1.165) is 0 Å². The highest BCUT2D eigenvalue weighted by atomic mass is 19.4. The molecule has 0 atom stereocenters. The van der Waals surface area contributed by atoms with E-state index < -0.39 is 30.4 Å². The van der Waals surface area contributed by atoms with Gasteiger partial charge in [-0.3, -0.25) is 0 Å². The first-order valence-electron chi connectivity index (χ1n) is 6.17. The SMILES string of the molecule is C=CCOC(=O)N1CCC(OCC(F)(F)F)(C(=O)O)CC1. The number of hydrogen-bond donors (Lipinski definition) is 1. The Balaban J connectivity index is 2.61. The van der Waals surface area contributed by atoms with E-state index in [2.05, 4.69) is 11.3 Å². The molecule has 0 radical (unpaired) electrons. The molecule has 1 saturated heterocycles. The quantitative estimate of drug-likeness (QED) is 0.784. The smallest absolute Gasteiger partial charge is 0.411 e. The van der Waals surface area contributed by atoms with E-state index in [1.807, 2.05) is 0 Å². The molecule has 120 valence electrons. The molecule has 0 aliphatic carbocycles. The maximum Gasteiger partial charge on any atom is 0.411 e. The number of carbonyl (C=O) groups excluding carboxylic acids is 1. The second-order valence-corrected chi connectivity index (χ2v) is 4.56. The van der Waals surface area contributed by atoms with Gasteiger partial charge < -0.3 is 19.5 Å². The summed E-state index contributed by atoms with van der Waals surface area (Å²) in [5.74, 6) is -1.47. The fourth-order valence-corrected chi connectivity index (χ4v) is 1.91. The van der Waals surface area contributed by atoms with Gasteiger partial charge in [0, 0.05) is 25.9 Å². The van der Waals surface area contributed by atoms with Gasteiger partial charge in [0.15, 0.2) is 5.60 Å². The lowest BCUT2D eigenvalue weighted by Gasteiger charge is -2.38. The first-order chi connectivity index (χ1) is 9.70. The van der Waals surface area contributed by atoms with Crippen molar-refractivity contribution in [2.45, 2.75) is 24.6 Å². The van der Waals surface area contributed by atoms with E-state index in [4.69, 9.17) is 9.84 Å². The third-order valence-corrected chi connectivity index (χ3v) is 3.06. The number of carbonyl (C=O) groups is 2. The van der Waals surface area contributed by atoms with Crippen LogP contribution in [0.5, 0.6) is 0 Å². The van der Waals surface area contributed by atoms with Crippen molar-refractivity contribution in [3.05, 3.63) is 12.7 Å². The number of alkyl halides is 3. The van der Waals surface area contributed by atoms with Crippen molar-refractivity contribution in [2.24, 2.45) is 0 Å². The van der Waals surface area contributed by atoms with Crippen LogP contribution in [0.4, 0.5) is 18.0 Å². The lowest BCUT2D eigenvalue weighted by atomic mass is 9.91. The minimum Gasteiger partial charge on any atom is -0.479 e. The minimum absolute atomic E-state index is 0.00395. The highest BCUT2D eigenvalue weighted by Gasteiger charge is 2.46. The lowest BCUT2D eigenvalue weighted by molar-refractivity contribution is -0.219. The average Bonchev–Trinajstić information content (AvgIpc) is 2.42. The van der Waals surface area contributed by atoms with Crippen LogP contribution in [-0.2, 0) is 14.3 Å². The van der Waals surface area contributed by atoms with Crippen molar-refractivity contribution in [3.8, 4) is 0 Å². The number of halogens is 3. The number of piperidine rings is 1. The zero-order valence-electron chi connectivity index (χ0n) is 11.2. The summed E-state index contributed by atoms with van der Waals surface area (Å²) in [6.07, 6.45) is -4.37. The predicted molar refractivity (Wildman–Crippen MR) is 64.7 cm³/mol. The lowest BCUT2D eigenvalue weighted by Crippen LogP contribution is -2.53.